The van der Waals surface area contributed by atoms with E-state index in [4.69, 9.17) is 4.74 Å². The minimum atomic E-state index is -0.656. The summed E-state index contributed by atoms with van der Waals surface area (Å²) in [6, 6.07) is 8.46. The van der Waals surface area contributed by atoms with Crippen LogP contribution in [-0.2, 0) is 10.2 Å². The van der Waals surface area contributed by atoms with Gasteiger partial charge in [-0.3, -0.25) is 4.79 Å². The topological polar surface area (TPSA) is 50.1 Å². The van der Waals surface area contributed by atoms with Gasteiger partial charge in [-0.25, -0.2) is 0 Å². The van der Waals surface area contributed by atoms with E-state index in [2.05, 4.69) is 6.07 Å². The molecule has 2 saturated carbocycles. The van der Waals surface area contributed by atoms with Gasteiger partial charge < -0.3 is 4.74 Å². The normalized spacial score (nSPS) is 25.9. The van der Waals surface area contributed by atoms with Crippen LogP contribution in [0.5, 0.6) is 5.75 Å². The molecule has 1 aromatic carbocycles. The Morgan fingerprint density at radius 2 is 2.05 bits per heavy atom. The molecule has 22 heavy (non-hydrogen) atoms. The Balaban J connectivity index is 1.90. The molecule has 0 radical (unpaired) electrons. The summed E-state index contributed by atoms with van der Waals surface area (Å²) in [6.07, 6.45) is 7.54. The van der Waals surface area contributed by atoms with Crippen LogP contribution in [0.1, 0.15) is 62.5 Å². The zero-order valence-corrected chi connectivity index (χ0v) is 13.2. The van der Waals surface area contributed by atoms with Gasteiger partial charge in [0.05, 0.1) is 17.6 Å². The van der Waals surface area contributed by atoms with Crippen LogP contribution in [-0.4, -0.2) is 11.9 Å². The molecule has 1 atom stereocenters. The molecule has 0 bridgehead atoms. The third-order valence-electron chi connectivity index (χ3n) is 5.11. The number of hydrogen-bond donors (Lipinski definition) is 0. The molecular weight excluding hydrogens is 274 g/mol. The molecule has 3 heteroatoms. The first-order chi connectivity index (χ1) is 10.6. The smallest absolute Gasteiger partial charge is 0.134 e. The van der Waals surface area contributed by atoms with Gasteiger partial charge in [-0.1, -0.05) is 12.1 Å². The summed E-state index contributed by atoms with van der Waals surface area (Å²) in [5, 5.41) is 9.71. The number of aryl methyl sites for hydroxylation is 1. The monoisotopic (exact) mass is 297 g/mol. The highest BCUT2D eigenvalue weighted by molar-refractivity contribution is 5.81. The number of rotatable bonds is 3. The van der Waals surface area contributed by atoms with Crippen LogP contribution in [0.15, 0.2) is 18.2 Å². The number of nitriles is 1. The van der Waals surface area contributed by atoms with E-state index in [0.29, 0.717) is 18.9 Å². The molecule has 3 nitrogen and oxygen atoms in total. The Labute approximate surface area is 132 Å². The van der Waals surface area contributed by atoms with Gasteiger partial charge in [0, 0.05) is 12.8 Å². The zero-order chi connectivity index (χ0) is 15.6. The molecule has 1 aromatic rings. The van der Waals surface area contributed by atoms with Gasteiger partial charge in [0.15, 0.2) is 0 Å². The van der Waals surface area contributed by atoms with Crippen molar-refractivity contribution in [3.05, 3.63) is 29.3 Å². The zero-order valence-electron chi connectivity index (χ0n) is 13.2. The number of Topliss-reactive ketones (excluding diaryl/α,β-unsaturated/α-hetero) is 1. The summed E-state index contributed by atoms with van der Waals surface area (Å²) in [7, 11) is 0. The maximum absolute atomic E-state index is 11.9. The molecule has 0 aromatic heterocycles. The predicted octanol–water partition coefficient (Wildman–Crippen LogP) is 4.22. The van der Waals surface area contributed by atoms with Crippen molar-refractivity contribution < 1.29 is 9.53 Å². The molecule has 0 heterocycles. The van der Waals surface area contributed by atoms with E-state index in [9.17, 15) is 10.1 Å². The molecular formula is C19H23NO2. The summed E-state index contributed by atoms with van der Waals surface area (Å²) in [5.41, 5.74) is 1.39. The van der Waals surface area contributed by atoms with Crippen LogP contribution in [0, 0.1) is 18.3 Å². The first-order valence-electron chi connectivity index (χ1n) is 8.34. The maximum atomic E-state index is 11.9. The van der Waals surface area contributed by atoms with Crippen molar-refractivity contribution in [2.45, 2.75) is 69.8 Å². The lowest BCUT2D eigenvalue weighted by molar-refractivity contribution is -0.121. The standard InChI is InChI=1S/C19H23NO2/c1-14-8-9-15(11-18(14)22-17-6-2-3-7-17)19(13-20)10-4-5-16(21)12-19/h8-9,11,17H,2-7,10,12H2,1H3. The van der Waals surface area contributed by atoms with E-state index in [1.807, 2.05) is 25.1 Å². The van der Waals surface area contributed by atoms with Crippen molar-refractivity contribution in [2.24, 2.45) is 0 Å². The minimum Gasteiger partial charge on any atom is -0.490 e. The van der Waals surface area contributed by atoms with Gasteiger partial charge in [-0.15, -0.1) is 0 Å². The van der Waals surface area contributed by atoms with Crippen molar-refractivity contribution in [1.82, 2.24) is 0 Å². The number of ketones is 1. The lowest BCUT2D eigenvalue weighted by Crippen LogP contribution is -2.31. The van der Waals surface area contributed by atoms with Gasteiger partial charge in [0.2, 0.25) is 0 Å². The fraction of sp³-hybridized carbons (Fsp3) is 0.579. The first-order valence-corrected chi connectivity index (χ1v) is 8.34. The van der Waals surface area contributed by atoms with Gasteiger partial charge >= 0.3 is 0 Å². The largest absolute Gasteiger partial charge is 0.490 e. The van der Waals surface area contributed by atoms with Crippen LogP contribution in [0.4, 0.5) is 0 Å². The van der Waals surface area contributed by atoms with Crippen LogP contribution >= 0.6 is 0 Å². The summed E-state index contributed by atoms with van der Waals surface area (Å²) < 4.78 is 6.16. The maximum Gasteiger partial charge on any atom is 0.134 e. The SMILES string of the molecule is Cc1ccc(C2(C#N)CCCC(=O)C2)cc1OC1CCCC1. The molecule has 3 rings (SSSR count). The highest BCUT2D eigenvalue weighted by atomic mass is 16.5. The quantitative estimate of drug-likeness (QED) is 0.839. The number of ether oxygens (including phenoxy) is 1. The van der Waals surface area contributed by atoms with E-state index >= 15 is 0 Å². The van der Waals surface area contributed by atoms with Gasteiger partial charge in [0.1, 0.15) is 11.5 Å². The van der Waals surface area contributed by atoms with E-state index in [1.54, 1.807) is 0 Å². The number of benzene rings is 1. The Hall–Kier alpha value is -1.82. The summed E-state index contributed by atoms with van der Waals surface area (Å²) in [6.45, 7) is 2.04. The second-order valence-corrected chi connectivity index (χ2v) is 6.77. The summed E-state index contributed by atoms with van der Waals surface area (Å²) in [4.78, 5) is 11.9. The molecule has 116 valence electrons. The first kappa shape index (κ1) is 15.1. The van der Waals surface area contributed by atoms with Gasteiger partial charge in [0.25, 0.3) is 0 Å². The molecule has 2 aliphatic rings. The minimum absolute atomic E-state index is 0.201. The van der Waals surface area contributed by atoms with Gasteiger partial charge in [-0.05, 0) is 62.6 Å². The third kappa shape index (κ3) is 2.88. The molecule has 0 N–H and O–H groups in total. The van der Waals surface area contributed by atoms with Crippen molar-refractivity contribution in [3.63, 3.8) is 0 Å². The van der Waals surface area contributed by atoms with Crippen molar-refractivity contribution in [3.8, 4) is 11.8 Å². The van der Waals surface area contributed by atoms with Crippen molar-refractivity contribution >= 4 is 5.78 Å². The molecule has 0 aliphatic heterocycles. The number of carbonyl (C=O) groups is 1. The molecule has 2 aliphatic carbocycles. The van der Waals surface area contributed by atoms with Crippen LogP contribution in [0.2, 0.25) is 0 Å². The van der Waals surface area contributed by atoms with Crippen molar-refractivity contribution in [2.75, 3.05) is 0 Å². The van der Waals surface area contributed by atoms with Crippen LogP contribution in [0.25, 0.3) is 0 Å². The van der Waals surface area contributed by atoms with E-state index < -0.39 is 5.41 Å². The van der Waals surface area contributed by atoms with Crippen LogP contribution < -0.4 is 4.74 Å². The Morgan fingerprint density at radius 3 is 2.73 bits per heavy atom. The number of hydrogen-bond acceptors (Lipinski definition) is 3. The average molecular weight is 297 g/mol. The van der Waals surface area contributed by atoms with E-state index in [1.165, 1.54) is 12.8 Å². The fourth-order valence-corrected chi connectivity index (χ4v) is 3.72. The second kappa shape index (κ2) is 6.12. The molecule has 0 spiro atoms. The summed E-state index contributed by atoms with van der Waals surface area (Å²) in [5.74, 6) is 1.09. The summed E-state index contributed by atoms with van der Waals surface area (Å²) >= 11 is 0. The number of carbonyl (C=O) groups excluding carboxylic acids is 1. The van der Waals surface area contributed by atoms with E-state index in [-0.39, 0.29) is 5.78 Å². The Morgan fingerprint density at radius 1 is 1.27 bits per heavy atom. The fourth-order valence-electron chi connectivity index (χ4n) is 3.72. The Bertz CT molecular complexity index is 610. The second-order valence-electron chi connectivity index (χ2n) is 6.77. The average Bonchev–Trinajstić information content (AvgIpc) is 3.02. The van der Waals surface area contributed by atoms with Crippen molar-refractivity contribution in [1.29, 1.82) is 5.26 Å². The van der Waals surface area contributed by atoms with E-state index in [0.717, 1.165) is 42.6 Å². The molecule has 2 fully saturated rings. The predicted molar refractivity (Wildman–Crippen MR) is 84.8 cm³/mol. The lowest BCUT2D eigenvalue weighted by Gasteiger charge is -2.31. The number of nitrogens with zero attached hydrogens (tertiary/aromatic N) is 1. The molecule has 0 amide bonds. The Kier molecular flexibility index (Phi) is 4.20. The van der Waals surface area contributed by atoms with Crippen LogP contribution in [0.3, 0.4) is 0 Å². The molecule has 1 unspecified atom stereocenters. The lowest BCUT2D eigenvalue weighted by atomic mass is 9.70. The van der Waals surface area contributed by atoms with Gasteiger partial charge in [-0.2, -0.15) is 5.26 Å². The third-order valence-corrected chi connectivity index (χ3v) is 5.11. The highest BCUT2D eigenvalue weighted by Gasteiger charge is 2.38. The highest BCUT2D eigenvalue weighted by Crippen LogP contribution is 2.39. The molecule has 0 saturated heterocycles.